The molecule has 0 bridgehead atoms. The van der Waals surface area contributed by atoms with Crippen LogP contribution in [0.15, 0.2) is 48.5 Å². The first-order valence-electron chi connectivity index (χ1n) is 14.3. The highest BCUT2D eigenvalue weighted by molar-refractivity contribution is 7.98. The van der Waals surface area contributed by atoms with Crippen LogP contribution in [-0.4, -0.2) is 45.1 Å². The molecule has 2 aromatic rings. The molecule has 4 heteroatoms. The summed E-state index contributed by atoms with van der Waals surface area (Å²) < 4.78 is 0. The lowest BCUT2D eigenvalue weighted by Gasteiger charge is -2.28. The third kappa shape index (κ3) is 4.97. The first-order chi connectivity index (χ1) is 17.7. The van der Waals surface area contributed by atoms with E-state index < -0.39 is 0 Å². The Morgan fingerprint density at radius 3 is 2.39 bits per heavy atom. The number of aryl methyl sites for hydroxylation is 1. The Kier molecular flexibility index (Phi) is 7.63. The minimum absolute atomic E-state index is 0.124. The average molecular weight is 521 g/mol. The molecule has 1 saturated carbocycles. The summed E-state index contributed by atoms with van der Waals surface area (Å²) in [6.07, 6.45) is 12.2. The largest absolute Gasteiger partial charge is 0.288 e. The highest BCUT2D eigenvalue weighted by Crippen LogP contribution is 2.40. The number of rotatable bonds is 6. The zero-order valence-corrected chi connectivity index (χ0v) is 23.1. The van der Waals surface area contributed by atoms with Gasteiger partial charge in [0.2, 0.25) is 11.6 Å². The van der Waals surface area contributed by atoms with E-state index in [0.29, 0.717) is 34.3 Å². The van der Waals surface area contributed by atoms with Crippen molar-refractivity contribution in [1.29, 1.82) is 0 Å². The van der Waals surface area contributed by atoms with Gasteiger partial charge in [-0.05, 0) is 71.1 Å². The molecule has 2 aliphatic carbocycles. The minimum Gasteiger partial charge on any atom is -0.288 e. The molecule has 4 atom stereocenters. The Hall–Kier alpha value is -1.52. The Labute approximate surface area is 222 Å². The predicted molar refractivity (Wildman–Crippen MR) is 155 cm³/mol. The predicted octanol–water partition coefficient (Wildman–Crippen LogP) is 6.53. The fraction of sp³-hybridized carbons (Fsp3) is 0.562. The summed E-state index contributed by atoms with van der Waals surface area (Å²) in [5.41, 5.74) is 4.59. The fourth-order valence-electron chi connectivity index (χ4n) is 7.22. The zero-order chi connectivity index (χ0) is 24.5. The second kappa shape index (κ2) is 11.1. The van der Waals surface area contributed by atoms with Gasteiger partial charge in [0.1, 0.15) is 23.0 Å². The van der Waals surface area contributed by atoms with E-state index in [0.717, 1.165) is 36.1 Å². The number of fused-ring (bicyclic) bond motifs is 1. The molecule has 4 aliphatic rings. The minimum atomic E-state index is 0.124. The first kappa shape index (κ1) is 24.8. The normalized spacial score (nSPS) is 28.2. The zero-order valence-electron chi connectivity index (χ0n) is 21.5. The molecule has 2 saturated heterocycles. The lowest BCUT2D eigenvalue weighted by molar-refractivity contribution is 0.0955. The third-order valence-corrected chi connectivity index (χ3v) is 15.0. The average Bonchev–Trinajstić information content (AvgIpc) is 3.63. The molecule has 6 rings (SSSR count). The number of hydrogen-bond acceptors (Lipinski definition) is 2. The van der Waals surface area contributed by atoms with Gasteiger partial charge in [-0.1, -0.05) is 61.7 Å². The summed E-state index contributed by atoms with van der Waals surface area (Å²) >= 11 is 0. The molecular formula is C32H40O2S2+2. The molecule has 2 nitrogen and oxygen atoms in total. The van der Waals surface area contributed by atoms with E-state index in [2.05, 4.69) is 18.2 Å². The highest BCUT2D eigenvalue weighted by atomic mass is 32.2. The van der Waals surface area contributed by atoms with Crippen LogP contribution in [0.5, 0.6) is 0 Å². The van der Waals surface area contributed by atoms with Crippen molar-refractivity contribution >= 4 is 33.4 Å². The topological polar surface area (TPSA) is 34.1 Å². The Balaban J connectivity index is 1.22. The number of Topliss-reactive ketones (excluding diaryl/α,β-unsaturated/α-hetero) is 2. The smallest absolute Gasteiger partial charge is 0.215 e. The molecule has 2 aromatic carbocycles. The molecule has 3 fully saturated rings. The molecule has 36 heavy (non-hydrogen) atoms. The van der Waals surface area contributed by atoms with Gasteiger partial charge < -0.3 is 0 Å². The van der Waals surface area contributed by atoms with Gasteiger partial charge in [-0.25, -0.2) is 0 Å². The van der Waals surface area contributed by atoms with Gasteiger partial charge in [-0.3, -0.25) is 9.59 Å². The Bertz CT molecular complexity index is 1080. The fourth-order valence-corrected chi connectivity index (χ4v) is 13.4. The molecule has 2 heterocycles. The molecule has 0 N–H and O–H groups in total. The van der Waals surface area contributed by atoms with Crippen LogP contribution >= 0.6 is 0 Å². The standard InChI is InChI=1S/C32H40O2S2/c33-30(24-9-3-1-4-10-24)32(25-11-5-2-6-12-25)36-20-17-27(22-36)26-14-13-23-15-16-29(31(34)28(23)21-26)35-18-7-8-19-35/h1,3-4,9-10,13-14,21,25,27,29,32H,2,5-8,11-12,15-20,22H2/q+2. The second-order valence-corrected chi connectivity index (χ2v) is 16.2. The molecular weight excluding hydrogens is 480 g/mol. The van der Waals surface area contributed by atoms with Crippen LogP contribution in [0.3, 0.4) is 0 Å². The lowest BCUT2D eigenvalue weighted by Crippen LogP contribution is -2.40. The van der Waals surface area contributed by atoms with Gasteiger partial charge in [0.15, 0.2) is 10.5 Å². The SMILES string of the molecule is O=C1c2cc(C3CC[S+](C(C(=O)c4ccccc4)C4CCCCC4)C3)ccc2CCC1[S+]1CCCC1. The van der Waals surface area contributed by atoms with Gasteiger partial charge >= 0.3 is 0 Å². The lowest BCUT2D eigenvalue weighted by atomic mass is 9.84. The number of hydrogen-bond donors (Lipinski definition) is 0. The number of benzene rings is 2. The summed E-state index contributed by atoms with van der Waals surface area (Å²) in [5.74, 6) is 6.72. The van der Waals surface area contributed by atoms with E-state index >= 15 is 0 Å². The van der Waals surface area contributed by atoms with E-state index in [4.69, 9.17) is 0 Å². The molecule has 0 amide bonds. The van der Waals surface area contributed by atoms with Crippen LogP contribution in [0.4, 0.5) is 0 Å². The summed E-state index contributed by atoms with van der Waals surface area (Å²) in [4.78, 5) is 27.4. The van der Waals surface area contributed by atoms with Crippen molar-refractivity contribution in [2.24, 2.45) is 5.92 Å². The molecule has 0 spiro atoms. The quantitative estimate of drug-likeness (QED) is 0.320. The van der Waals surface area contributed by atoms with E-state index in [9.17, 15) is 9.59 Å². The van der Waals surface area contributed by atoms with E-state index in [1.165, 1.54) is 73.3 Å². The molecule has 2 aliphatic heterocycles. The summed E-state index contributed by atoms with van der Waals surface area (Å²) in [7, 11) is 0.440. The van der Waals surface area contributed by atoms with Crippen molar-refractivity contribution in [3.05, 3.63) is 70.8 Å². The number of carbonyl (C=O) groups excluding carboxylic acids is 2. The van der Waals surface area contributed by atoms with E-state index in [1.807, 2.05) is 30.3 Å². The summed E-state index contributed by atoms with van der Waals surface area (Å²) in [6.45, 7) is 0. The molecule has 0 aromatic heterocycles. The van der Waals surface area contributed by atoms with Crippen LogP contribution in [0.1, 0.15) is 95.5 Å². The second-order valence-electron chi connectivity index (χ2n) is 11.4. The maximum atomic E-state index is 13.8. The van der Waals surface area contributed by atoms with Crippen molar-refractivity contribution in [2.75, 3.05) is 23.0 Å². The van der Waals surface area contributed by atoms with E-state index in [1.54, 1.807) is 0 Å². The maximum Gasteiger partial charge on any atom is 0.215 e. The van der Waals surface area contributed by atoms with Crippen molar-refractivity contribution in [2.45, 2.75) is 80.6 Å². The van der Waals surface area contributed by atoms with Gasteiger partial charge in [-0.15, -0.1) is 0 Å². The van der Waals surface area contributed by atoms with Gasteiger partial charge in [0.05, 0.1) is 0 Å². The third-order valence-electron chi connectivity index (χ3n) is 9.20. The first-order valence-corrected chi connectivity index (χ1v) is 17.5. The van der Waals surface area contributed by atoms with Crippen LogP contribution in [-0.2, 0) is 28.2 Å². The highest BCUT2D eigenvalue weighted by Gasteiger charge is 2.48. The number of carbonyl (C=O) groups is 2. The van der Waals surface area contributed by atoms with Crippen molar-refractivity contribution in [3.63, 3.8) is 0 Å². The van der Waals surface area contributed by atoms with Crippen LogP contribution < -0.4 is 0 Å². The van der Waals surface area contributed by atoms with Crippen molar-refractivity contribution in [1.82, 2.24) is 0 Å². The molecule has 4 unspecified atom stereocenters. The van der Waals surface area contributed by atoms with Gasteiger partial charge in [-0.2, -0.15) is 0 Å². The van der Waals surface area contributed by atoms with E-state index in [-0.39, 0.29) is 21.4 Å². The van der Waals surface area contributed by atoms with Crippen LogP contribution in [0, 0.1) is 5.92 Å². The number of ketones is 2. The molecule has 0 radical (unpaired) electrons. The van der Waals surface area contributed by atoms with Crippen LogP contribution in [0.25, 0.3) is 0 Å². The Morgan fingerprint density at radius 1 is 0.833 bits per heavy atom. The van der Waals surface area contributed by atoms with Crippen molar-refractivity contribution < 1.29 is 9.59 Å². The van der Waals surface area contributed by atoms with Gasteiger partial charge in [0, 0.05) is 35.8 Å². The van der Waals surface area contributed by atoms with Crippen LogP contribution in [0.2, 0.25) is 0 Å². The monoisotopic (exact) mass is 520 g/mol. The molecule has 190 valence electrons. The van der Waals surface area contributed by atoms with Crippen molar-refractivity contribution in [3.8, 4) is 0 Å². The maximum absolute atomic E-state index is 13.8. The van der Waals surface area contributed by atoms with Gasteiger partial charge in [0.25, 0.3) is 0 Å². The summed E-state index contributed by atoms with van der Waals surface area (Å²) in [6, 6.07) is 16.9. The Morgan fingerprint density at radius 2 is 1.61 bits per heavy atom. The summed E-state index contributed by atoms with van der Waals surface area (Å²) in [5, 5.41) is 0.470.